The van der Waals surface area contributed by atoms with Gasteiger partial charge in [0.2, 0.25) is 11.9 Å². The molecule has 0 unspecified atom stereocenters. The van der Waals surface area contributed by atoms with E-state index in [1.54, 1.807) is 6.92 Å². The fourth-order valence-corrected chi connectivity index (χ4v) is 0.552. The highest BCUT2D eigenvalue weighted by atomic mass is 19.1. The molecule has 0 spiro atoms. The first kappa shape index (κ1) is 9.81. The maximum absolute atomic E-state index is 12.2. The van der Waals surface area contributed by atoms with Gasteiger partial charge in [0.05, 0.1) is 0 Å². The number of halogens is 1. The molecule has 0 saturated heterocycles. The van der Waals surface area contributed by atoms with Crippen molar-refractivity contribution in [3.05, 3.63) is 17.7 Å². The Kier molecular flexibility index (Phi) is 4.10. The van der Waals surface area contributed by atoms with Crippen LogP contribution in [0.15, 0.2) is 6.07 Å². The molecule has 0 fully saturated rings. The molecule has 3 nitrogen and oxygen atoms in total. The predicted octanol–water partition coefficient (Wildman–Crippen LogP) is 1.53. The number of aromatic nitrogens is 2. The minimum absolute atomic E-state index is 0.0208. The maximum Gasteiger partial charge on any atom is 0.222 e. The SMILES string of the molecule is CC.Cc1cc(F)nc(N)n1. The number of nitrogens with zero attached hydrogens (tertiary/aromatic N) is 2. The molecule has 0 amide bonds. The van der Waals surface area contributed by atoms with Gasteiger partial charge >= 0.3 is 0 Å². The van der Waals surface area contributed by atoms with Crippen molar-refractivity contribution in [1.29, 1.82) is 0 Å². The van der Waals surface area contributed by atoms with Gasteiger partial charge in [0.25, 0.3) is 0 Å². The fraction of sp³-hybridized carbons (Fsp3) is 0.429. The lowest BCUT2D eigenvalue weighted by Gasteiger charge is -1.92. The Labute approximate surface area is 65.5 Å². The predicted molar refractivity (Wildman–Crippen MR) is 42.5 cm³/mol. The van der Waals surface area contributed by atoms with Crippen molar-refractivity contribution in [1.82, 2.24) is 9.97 Å². The number of rotatable bonds is 0. The lowest BCUT2D eigenvalue weighted by Crippen LogP contribution is -1.97. The second-order valence-electron chi connectivity index (χ2n) is 1.69. The van der Waals surface area contributed by atoms with Gasteiger partial charge in [-0.2, -0.15) is 9.37 Å². The van der Waals surface area contributed by atoms with Crippen LogP contribution in [0.1, 0.15) is 19.5 Å². The van der Waals surface area contributed by atoms with Crippen LogP contribution >= 0.6 is 0 Å². The van der Waals surface area contributed by atoms with Gasteiger partial charge in [-0.05, 0) is 6.92 Å². The quantitative estimate of drug-likeness (QED) is 0.581. The topological polar surface area (TPSA) is 51.8 Å². The summed E-state index contributed by atoms with van der Waals surface area (Å²) in [6.45, 7) is 5.65. The molecule has 0 radical (unpaired) electrons. The molecule has 0 aliphatic heterocycles. The van der Waals surface area contributed by atoms with Gasteiger partial charge in [-0.3, -0.25) is 0 Å². The lowest BCUT2D eigenvalue weighted by molar-refractivity contribution is 0.580. The molecule has 0 aliphatic carbocycles. The Morgan fingerprint density at radius 1 is 1.36 bits per heavy atom. The zero-order valence-electron chi connectivity index (χ0n) is 6.93. The Morgan fingerprint density at radius 3 is 2.27 bits per heavy atom. The molecular weight excluding hydrogens is 145 g/mol. The van der Waals surface area contributed by atoms with Gasteiger partial charge in [0.1, 0.15) is 0 Å². The van der Waals surface area contributed by atoms with Crippen LogP contribution in [0.2, 0.25) is 0 Å². The van der Waals surface area contributed by atoms with Crippen molar-refractivity contribution in [3.63, 3.8) is 0 Å². The molecule has 1 heterocycles. The minimum Gasteiger partial charge on any atom is -0.368 e. The molecule has 2 N–H and O–H groups in total. The Morgan fingerprint density at radius 2 is 1.91 bits per heavy atom. The standard InChI is InChI=1S/C5H6FN3.C2H6/c1-3-2-4(6)9-5(7)8-3;1-2/h2H,1H3,(H2,7,8,9);1-2H3. The Bertz CT molecular complexity index is 174. The Hall–Kier alpha value is -1.19. The summed E-state index contributed by atoms with van der Waals surface area (Å²) >= 11 is 0. The molecule has 4 heteroatoms. The van der Waals surface area contributed by atoms with Gasteiger partial charge in [0, 0.05) is 11.8 Å². The van der Waals surface area contributed by atoms with Crippen LogP contribution in [0.3, 0.4) is 0 Å². The molecule has 0 bridgehead atoms. The van der Waals surface area contributed by atoms with E-state index in [0.29, 0.717) is 5.69 Å². The zero-order chi connectivity index (χ0) is 8.85. The van der Waals surface area contributed by atoms with Crippen LogP contribution < -0.4 is 5.73 Å². The maximum atomic E-state index is 12.2. The van der Waals surface area contributed by atoms with Crippen LogP contribution in [0.4, 0.5) is 10.3 Å². The summed E-state index contributed by atoms with van der Waals surface area (Å²) in [5, 5.41) is 0. The monoisotopic (exact) mass is 157 g/mol. The van der Waals surface area contributed by atoms with Crippen molar-refractivity contribution in [2.45, 2.75) is 20.8 Å². The first-order valence-electron chi connectivity index (χ1n) is 3.45. The van der Waals surface area contributed by atoms with Crippen LogP contribution in [-0.2, 0) is 0 Å². The van der Waals surface area contributed by atoms with E-state index >= 15 is 0 Å². The highest BCUT2D eigenvalue weighted by Gasteiger charge is 1.94. The van der Waals surface area contributed by atoms with E-state index in [4.69, 9.17) is 5.73 Å². The minimum atomic E-state index is -0.583. The van der Waals surface area contributed by atoms with E-state index in [1.807, 2.05) is 13.8 Å². The van der Waals surface area contributed by atoms with Gasteiger partial charge < -0.3 is 5.73 Å². The summed E-state index contributed by atoms with van der Waals surface area (Å²) in [6, 6.07) is 1.22. The molecule has 0 aromatic carbocycles. The number of aryl methyl sites for hydroxylation is 1. The van der Waals surface area contributed by atoms with Gasteiger partial charge in [-0.1, -0.05) is 13.8 Å². The van der Waals surface area contributed by atoms with E-state index in [1.165, 1.54) is 6.07 Å². The third-order valence-electron chi connectivity index (χ3n) is 0.840. The van der Waals surface area contributed by atoms with E-state index in [-0.39, 0.29) is 5.95 Å². The third-order valence-corrected chi connectivity index (χ3v) is 0.840. The van der Waals surface area contributed by atoms with Crippen molar-refractivity contribution in [2.75, 3.05) is 5.73 Å². The van der Waals surface area contributed by atoms with Crippen molar-refractivity contribution in [2.24, 2.45) is 0 Å². The van der Waals surface area contributed by atoms with E-state index in [9.17, 15) is 4.39 Å². The molecule has 1 rings (SSSR count). The van der Waals surface area contributed by atoms with E-state index in [0.717, 1.165) is 0 Å². The van der Waals surface area contributed by atoms with Crippen LogP contribution in [0, 0.1) is 12.9 Å². The fourth-order valence-electron chi connectivity index (χ4n) is 0.552. The number of nitrogens with two attached hydrogens (primary N) is 1. The van der Waals surface area contributed by atoms with Gasteiger partial charge in [0.15, 0.2) is 0 Å². The van der Waals surface area contributed by atoms with Gasteiger partial charge in [-0.25, -0.2) is 4.98 Å². The molecule has 0 aliphatic rings. The largest absolute Gasteiger partial charge is 0.368 e. The Balaban J connectivity index is 0.000000461. The third kappa shape index (κ3) is 3.50. The van der Waals surface area contributed by atoms with Crippen LogP contribution in [0.5, 0.6) is 0 Å². The summed E-state index contributed by atoms with van der Waals surface area (Å²) in [6.07, 6.45) is 0. The molecule has 11 heavy (non-hydrogen) atoms. The number of anilines is 1. The number of hydrogen-bond acceptors (Lipinski definition) is 3. The normalized spacial score (nSPS) is 8.36. The van der Waals surface area contributed by atoms with E-state index < -0.39 is 5.95 Å². The average Bonchev–Trinajstić information content (AvgIpc) is 1.88. The first-order chi connectivity index (χ1) is 5.18. The average molecular weight is 157 g/mol. The first-order valence-corrected chi connectivity index (χ1v) is 3.45. The second kappa shape index (κ2) is 4.60. The molecule has 1 aromatic rings. The molecule has 1 aromatic heterocycles. The van der Waals surface area contributed by atoms with E-state index in [2.05, 4.69) is 9.97 Å². The molecule has 0 atom stereocenters. The lowest BCUT2D eigenvalue weighted by atomic mass is 10.4. The van der Waals surface area contributed by atoms with Crippen molar-refractivity contribution in [3.8, 4) is 0 Å². The van der Waals surface area contributed by atoms with Crippen molar-refractivity contribution < 1.29 is 4.39 Å². The summed E-state index contributed by atoms with van der Waals surface area (Å²) in [5.41, 5.74) is 5.64. The zero-order valence-corrected chi connectivity index (χ0v) is 6.93. The smallest absolute Gasteiger partial charge is 0.222 e. The summed E-state index contributed by atoms with van der Waals surface area (Å²) in [4.78, 5) is 6.90. The summed E-state index contributed by atoms with van der Waals surface area (Å²) in [5.74, 6) is -0.604. The second-order valence-corrected chi connectivity index (χ2v) is 1.69. The molecule has 0 saturated carbocycles. The highest BCUT2D eigenvalue weighted by molar-refractivity contribution is 5.16. The number of nitrogen functional groups attached to an aromatic ring is 1. The molecule has 62 valence electrons. The number of hydrogen-bond donors (Lipinski definition) is 1. The van der Waals surface area contributed by atoms with Crippen molar-refractivity contribution >= 4 is 5.95 Å². The van der Waals surface area contributed by atoms with Crippen LogP contribution in [-0.4, -0.2) is 9.97 Å². The summed E-state index contributed by atoms with van der Waals surface area (Å²) < 4.78 is 12.2. The highest BCUT2D eigenvalue weighted by Crippen LogP contribution is 1.97. The van der Waals surface area contributed by atoms with Gasteiger partial charge in [-0.15, -0.1) is 0 Å². The van der Waals surface area contributed by atoms with Crippen LogP contribution in [0.25, 0.3) is 0 Å². The summed E-state index contributed by atoms with van der Waals surface area (Å²) in [7, 11) is 0. The molecular formula is C7H12FN3.